The third-order valence-electron chi connectivity index (χ3n) is 5.69. The molecular weight excluding hydrogens is 391 g/mol. The number of aliphatic hydroxyl groups is 1. The maximum absolute atomic E-state index is 11.5. The summed E-state index contributed by atoms with van der Waals surface area (Å²) in [6.45, 7) is 7.47. The van der Waals surface area contributed by atoms with Crippen molar-refractivity contribution in [1.29, 1.82) is 0 Å². The molecule has 1 saturated heterocycles. The second-order valence-corrected chi connectivity index (χ2v) is 8.40. The van der Waals surface area contributed by atoms with Gasteiger partial charge in [0.25, 0.3) is 0 Å². The summed E-state index contributed by atoms with van der Waals surface area (Å²) in [5.74, 6) is 0.133. The lowest BCUT2D eigenvalue weighted by Gasteiger charge is -2.44. The van der Waals surface area contributed by atoms with Crippen molar-refractivity contribution in [3.8, 4) is 0 Å². The van der Waals surface area contributed by atoms with Gasteiger partial charge in [-0.05, 0) is 44.4 Å². The lowest BCUT2D eigenvalue weighted by Crippen LogP contribution is -2.56. The monoisotopic (exact) mass is 422 g/mol. The minimum atomic E-state index is -0.597. The first-order valence-corrected chi connectivity index (χ1v) is 9.80. The van der Waals surface area contributed by atoms with Crippen LogP contribution in [0.3, 0.4) is 0 Å². The van der Waals surface area contributed by atoms with E-state index in [0.29, 0.717) is 12.1 Å². The lowest BCUT2D eigenvalue weighted by molar-refractivity contribution is -0.0337. The summed E-state index contributed by atoms with van der Waals surface area (Å²) < 4.78 is 0. The molecule has 3 nitrogen and oxygen atoms in total. The van der Waals surface area contributed by atoms with Crippen LogP contribution in [0.1, 0.15) is 57.4 Å². The maximum atomic E-state index is 11.5. The number of piperazine rings is 1. The third-order valence-corrected chi connectivity index (χ3v) is 5.93. The fraction of sp³-hybridized carbons (Fsp3) is 0.700. The van der Waals surface area contributed by atoms with Crippen molar-refractivity contribution in [2.24, 2.45) is 0 Å². The Hall–Kier alpha value is -0.0300. The Morgan fingerprint density at radius 2 is 1.77 bits per heavy atom. The van der Waals surface area contributed by atoms with E-state index in [1.54, 1.807) is 0 Å². The Morgan fingerprint density at radius 1 is 1.15 bits per heavy atom. The molecule has 150 valence electrons. The van der Waals surface area contributed by atoms with Crippen molar-refractivity contribution < 1.29 is 5.11 Å². The number of benzene rings is 1. The Kier molecular flexibility index (Phi) is 9.69. The third kappa shape index (κ3) is 5.98. The molecule has 1 aromatic rings. The molecule has 0 aromatic heterocycles. The summed E-state index contributed by atoms with van der Waals surface area (Å²) in [6, 6.07) is 9.11. The van der Waals surface area contributed by atoms with Crippen LogP contribution in [0.2, 0.25) is 5.02 Å². The minimum Gasteiger partial charge on any atom is -0.389 e. The highest BCUT2D eigenvalue weighted by Crippen LogP contribution is 2.41. The molecule has 0 spiro atoms. The topological polar surface area (TPSA) is 35.5 Å². The van der Waals surface area contributed by atoms with Gasteiger partial charge < -0.3 is 10.4 Å². The zero-order valence-corrected chi connectivity index (χ0v) is 18.2. The van der Waals surface area contributed by atoms with E-state index in [2.05, 4.69) is 30.1 Å². The minimum absolute atomic E-state index is 0. The van der Waals surface area contributed by atoms with Crippen LogP contribution in [0.4, 0.5) is 0 Å². The van der Waals surface area contributed by atoms with Crippen LogP contribution in [0.15, 0.2) is 24.3 Å². The van der Waals surface area contributed by atoms with Crippen LogP contribution >= 0.6 is 36.4 Å². The van der Waals surface area contributed by atoms with E-state index in [9.17, 15) is 5.11 Å². The fourth-order valence-electron chi connectivity index (χ4n) is 4.67. The highest BCUT2D eigenvalue weighted by Gasteiger charge is 2.40. The molecule has 1 aliphatic heterocycles. The van der Waals surface area contributed by atoms with Crippen molar-refractivity contribution in [3.63, 3.8) is 0 Å². The van der Waals surface area contributed by atoms with Crippen molar-refractivity contribution in [2.45, 2.75) is 69.6 Å². The summed E-state index contributed by atoms with van der Waals surface area (Å²) in [7, 11) is 0. The smallest absolute Gasteiger partial charge is 0.0728 e. The first-order valence-electron chi connectivity index (χ1n) is 9.42. The molecule has 0 radical (unpaired) electrons. The Balaban J connectivity index is 0.00000169. The summed E-state index contributed by atoms with van der Waals surface area (Å²) >= 11 is 6.26. The zero-order chi connectivity index (χ0) is 17.2. The van der Waals surface area contributed by atoms with Gasteiger partial charge in [0.1, 0.15) is 0 Å². The number of hydrogen-bond donors (Lipinski definition) is 2. The number of halogens is 3. The van der Waals surface area contributed by atoms with Crippen molar-refractivity contribution in [2.75, 3.05) is 19.6 Å². The van der Waals surface area contributed by atoms with Gasteiger partial charge in [-0.15, -0.1) is 24.8 Å². The molecule has 1 saturated carbocycles. The van der Waals surface area contributed by atoms with Gasteiger partial charge in [-0.1, -0.05) is 43.0 Å². The highest BCUT2D eigenvalue weighted by atomic mass is 35.5. The van der Waals surface area contributed by atoms with Gasteiger partial charge in [0.2, 0.25) is 0 Å². The standard InChI is InChI=1S/C20H31ClN2O.2ClH/c1-15-12-23(13-16(2)22-15)14-19(17-7-6-8-18(21)11-17)20(24)9-4-3-5-10-20;;/h6-8,11,15-16,19,22,24H,3-5,9-10,12-14H2,1-2H3;2*1H/t15-,16+,19?;;. The molecule has 3 rings (SSSR count). The maximum Gasteiger partial charge on any atom is 0.0728 e. The number of hydrogen-bond acceptors (Lipinski definition) is 3. The van der Waals surface area contributed by atoms with Crippen molar-refractivity contribution >= 4 is 36.4 Å². The number of nitrogens with zero attached hydrogens (tertiary/aromatic N) is 1. The van der Waals surface area contributed by atoms with Gasteiger partial charge in [-0.25, -0.2) is 0 Å². The van der Waals surface area contributed by atoms with Gasteiger partial charge in [0.05, 0.1) is 5.60 Å². The lowest BCUT2D eigenvalue weighted by atomic mass is 9.72. The van der Waals surface area contributed by atoms with Gasteiger partial charge in [-0.2, -0.15) is 0 Å². The summed E-state index contributed by atoms with van der Waals surface area (Å²) in [5.41, 5.74) is 0.589. The highest BCUT2D eigenvalue weighted by molar-refractivity contribution is 6.30. The summed E-state index contributed by atoms with van der Waals surface area (Å²) in [4.78, 5) is 2.52. The van der Waals surface area contributed by atoms with Crippen LogP contribution in [0.5, 0.6) is 0 Å². The average molecular weight is 424 g/mol. The normalized spacial score (nSPS) is 27.1. The molecule has 2 fully saturated rings. The molecule has 1 aromatic carbocycles. The molecule has 1 aliphatic carbocycles. The van der Waals surface area contributed by atoms with Gasteiger partial charge in [0, 0.05) is 42.7 Å². The second-order valence-electron chi connectivity index (χ2n) is 7.96. The first-order chi connectivity index (χ1) is 11.5. The van der Waals surface area contributed by atoms with E-state index >= 15 is 0 Å². The fourth-order valence-corrected chi connectivity index (χ4v) is 4.87. The van der Waals surface area contributed by atoms with Gasteiger partial charge in [-0.3, -0.25) is 4.90 Å². The van der Waals surface area contributed by atoms with E-state index < -0.39 is 5.60 Å². The molecule has 26 heavy (non-hydrogen) atoms. The zero-order valence-electron chi connectivity index (χ0n) is 15.8. The second kappa shape index (κ2) is 10.5. The molecule has 1 heterocycles. The number of nitrogens with one attached hydrogen (secondary N) is 1. The van der Waals surface area contributed by atoms with E-state index in [0.717, 1.165) is 50.3 Å². The summed E-state index contributed by atoms with van der Waals surface area (Å²) in [5, 5.41) is 15.8. The SMILES string of the molecule is C[C@@H]1CN(CC(c2cccc(Cl)c2)C2(O)CCCCC2)C[C@H](C)N1.Cl.Cl. The van der Waals surface area contributed by atoms with Crippen LogP contribution in [-0.2, 0) is 0 Å². The van der Waals surface area contributed by atoms with Crippen molar-refractivity contribution in [1.82, 2.24) is 10.2 Å². The largest absolute Gasteiger partial charge is 0.389 e. The van der Waals surface area contributed by atoms with Crippen LogP contribution in [0.25, 0.3) is 0 Å². The summed E-state index contributed by atoms with van der Waals surface area (Å²) in [6.07, 6.45) is 5.30. The van der Waals surface area contributed by atoms with E-state index in [4.69, 9.17) is 11.6 Å². The number of rotatable bonds is 4. The van der Waals surface area contributed by atoms with Crippen molar-refractivity contribution in [3.05, 3.63) is 34.9 Å². The van der Waals surface area contributed by atoms with Crippen LogP contribution < -0.4 is 5.32 Å². The predicted octanol–water partition coefficient (Wildman–Crippen LogP) is 4.64. The van der Waals surface area contributed by atoms with Gasteiger partial charge >= 0.3 is 0 Å². The Labute approximate surface area is 175 Å². The molecule has 2 N–H and O–H groups in total. The quantitative estimate of drug-likeness (QED) is 0.740. The van der Waals surface area contributed by atoms with Crippen LogP contribution in [0, 0.1) is 0 Å². The molecular formula is C20H33Cl3N2O. The molecule has 0 bridgehead atoms. The van der Waals surface area contributed by atoms with E-state index in [1.807, 2.05) is 18.2 Å². The van der Waals surface area contributed by atoms with Gasteiger partial charge in [0.15, 0.2) is 0 Å². The van der Waals surface area contributed by atoms with Crippen LogP contribution in [-0.4, -0.2) is 47.3 Å². The molecule has 2 aliphatic rings. The average Bonchev–Trinajstić information content (AvgIpc) is 2.52. The molecule has 6 heteroatoms. The molecule has 1 unspecified atom stereocenters. The first kappa shape index (κ1) is 24.0. The Bertz CT molecular complexity index is 542. The van der Waals surface area contributed by atoms with E-state index in [-0.39, 0.29) is 30.7 Å². The van der Waals surface area contributed by atoms with E-state index in [1.165, 1.54) is 12.0 Å². The Morgan fingerprint density at radius 3 is 2.35 bits per heavy atom. The molecule has 0 amide bonds. The predicted molar refractivity (Wildman–Crippen MR) is 115 cm³/mol. The molecule has 3 atom stereocenters.